The summed E-state index contributed by atoms with van der Waals surface area (Å²) in [5.41, 5.74) is 0.573. The van der Waals surface area contributed by atoms with Crippen molar-refractivity contribution in [3.05, 3.63) is 39.2 Å². The molecule has 0 saturated heterocycles. The Hall–Kier alpha value is -1.96. The molecule has 1 N–H and O–H groups in total. The molecule has 0 unspecified atom stereocenters. The van der Waals surface area contributed by atoms with Crippen molar-refractivity contribution in [2.45, 2.75) is 13.5 Å². The molecule has 2 aromatic rings. The van der Waals surface area contributed by atoms with Gasteiger partial charge in [-0.2, -0.15) is 5.10 Å². The highest BCUT2D eigenvalue weighted by Gasteiger charge is 2.16. The lowest BCUT2D eigenvalue weighted by molar-refractivity contribution is -0.384. The van der Waals surface area contributed by atoms with Gasteiger partial charge < -0.3 is 5.32 Å². The number of hydrogen-bond acceptors (Lipinski definition) is 5. The number of nitro groups is 1. The van der Waals surface area contributed by atoms with E-state index in [9.17, 15) is 10.1 Å². The van der Waals surface area contributed by atoms with Crippen molar-refractivity contribution in [2.75, 3.05) is 5.32 Å². The first-order valence-corrected chi connectivity index (χ1v) is 5.99. The first-order chi connectivity index (χ1) is 8.60. The third-order valence-corrected chi connectivity index (χ3v) is 2.68. The zero-order valence-electron chi connectivity index (χ0n) is 9.50. The zero-order valence-corrected chi connectivity index (χ0v) is 11.1. The number of aryl methyl sites for hydroxylation is 1. The molecule has 0 atom stereocenters. The second kappa shape index (κ2) is 5.13. The van der Waals surface area contributed by atoms with Crippen LogP contribution >= 0.6 is 15.9 Å². The maximum Gasteiger partial charge on any atom is 0.312 e. The van der Waals surface area contributed by atoms with Crippen molar-refractivity contribution in [3.63, 3.8) is 0 Å². The van der Waals surface area contributed by atoms with E-state index in [0.29, 0.717) is 10.2 Å². The van der Waals surface area contributed by atoms with Crippen LogP contribution in [-0.2, 0) is 6.54 Å². The van der Waals surface area contributed by atoms with Crippen molar-refractivity contribution in [2.24, 2.45) is 0 Å². The molecule has 0 radical (unpaired) electrons. The van der Waals surface area contributed by atoms with Gasteiger partial charge in [-0.25, -0.2) is 4.98 Å². The van der Waals surface area contributed by atoms with E-state index in [1.807, 2.05) is 6.92 Å². The summed E-state index contributed by atoms with van der Waals surface area (Å²) in [5, 5.41) is 17.9. The Bertz CT molecular complexity index is 583. The van der Waals surface area contributed by atoms with Crippen molar-refractivity contribution >= 4 is 33.1 Å². The maximum absolute atomic E-state index is 10.9. The fourth-order valence-corrected chi connectivity index (χ4v) is 1.72. The molecule has 0 aromatic carbocycles. The largest absolute Gasteiger partial charge is 0.332 e. The van der Waals surface area contributed by atoms with Gasteiger partial charge in [-0.05, 0) is 22.9 Å². The summed E-state index contributed by atoms with van der Waals surface area (Å²) in [6.07, 6.45) is 4.85. The maximum atomic E-state index is 10.9. The summed E-state index contributed by atoms with van der Waals surface area (Å²) >= 11 is 3.15. The van der Waals surface area contributed by atoms with Crippen molar-refractivity contribution < 1.29 is 4.92 Å². The van der Waals surface area contributed by atoms with E-state index in [1.165, 1.54) is 12.3 Å². The van der Waals surface area contributed by atoms with E-state index in [4.69, 9.17) is 0 Å². The summed E-state index contributed by atoms with van der Waals surface area (Å²) in [6, 6.07) is 1.40. The number of halogens is 1. The fourth-order valence-electron chi connectivity index (χ4n) is 1.40. The van der Waals surface area contributed by atoms with Crippen LogP contribution < -0.4 is 5.32 Å². The second-order valence-electron chi connectivity index (χ2n) is 3.49. The highest BCUT2D eigenvalue weighted by Crippen LogP contribution is 2.27. The Morgan fingerprint density at radius 2 is 2.33 bits per heavy atom. The molecule has 94 valence electrons. The van der Waals surface area contributed by atoms with E-state index < -0.39 is 4.92 Å². The Balaban J connectivity index is 2.30. The predicted molar refractivity (Wildman–Crippen MR) is 69.8 cm³/mol. The molecule has 0 saturated carbocycles. The molecule has 0 aliphatic heterocycles. The normalized spacial score (nSPS) is 10.3. The van der Waals surface area contributed by atoms with Gasteiger partial charge in [-0.1, -0.05) is 0 Å². The smallest absolute Gasteiger partial charge is 0.312 e. The summed E-state index contributed by atoms with van der Waals surface area (Å²) in [7, 11) is 0. The Kier molecular flexibility index (Phi) is 3.56. The molecule has 2 heterocycles. The third-order valence-electron chi connectivity index (χ3n) is 2.25. The van der Waals surface area contributed by atoms with E-state index >= 15 is 0 Å². The summed E-state index contributed by atoms with van der Waals surface area (Å²) in [5.74, 6) is 0.193. The van der Waals surface area contributed by atoms with Crippen LogP contribution in [0.4, 0.5) is 17.2 Å². The molecule has 0 bridgehead atoms. The Morgan fingerprint density at radius 3 is 2.94 bits per heavy atom. The molecule has 7 nitrogen and oxygen atoms in total. The van der Waals surface area contributed by atoms with Crippen LogP contribution in [0.3, 0.4) is 0 Å². The Morgan fingerprint density at radius 1 is 1.56 bits per heavy atom. The van der Waals surface area contributed by atoms with Crippen LogP contribution in [0.15, 0.2) is 29.1 Å². The third kappa shape index (κ3) is 2.65. The number of rotatable bonds is 4. The van der Waals surface area contributed by atoms with Gasteiger partial charge in [0.25, 0.3) is 0 Å². The lowest BCUT2D eigenvalue weighted by Crippen LogP contribution is -1.99. The zero-order chi connectivity index (χ0) is 13.1. The van der Waals surface area contributed by atoms with Gasteiger partial charge in [0.2, 0.25) is 5.82 Å². The predicted octanol–water partition coefficient (Wildman–Crippen LogP) is 2.71. The molecule has 8 heteroatoms. The molecule has 0 aliphatic rings. The van der Waals surface area contributed by atoms with E-state index in [-0.39, 0.29) is 11.5 Å². The van der Waals surface area contributed by atoms with Gasteiger partial charge in [-0.15, -0.1) is 0 Å². The van der Waals surface area contributed by atoms with E-state index in [2.05, 4.69) is 31.3 Å². The van der Waals surface area contributed by atoms with Gasteiger partial charge in [0.1, 0.15) is 0 Å². The van der Waals surface area contributed by atoms with Gasteiger partial charge in [0.05, 0.1) is 16.8 Å². The average molecular weight is 312 g/mol. The first kappa shape index (κ1) is 12.5. The minimum absolute atomic E-state index is 0.0892. The summed E-state index contributed by atoms with van der Waals surface area (Å²) in [4.78, 5) is 14.4. The summed E-state index contributed by atoms with van der Waals surface area (Å²) in [6.45, 7) is 2.69. The van der Waals surface area contributed by atoms with Gasteiger partial charge in [0, 0.05) is 29.5 Å². The van der Waals surface area contributed by atoms with Gasteiger partial charge >= 0.3 is 5.69 Å². The molecule has 0 fully saturated rings. The number of nitrogens with one attached hydrogen (secondary N) is 1. The average Bonchev–Trinajstić information content (AvgIpc) is 2.79. The van der Waals surface area contributed by atoms with E-state index in [0.717, 1.165) is 6.54 Å². The standard InChI is InChI=1S/C10H10BrN5O2/c1-2-15-6-8(5-13-15)14-10-9(16(17)18)3-7(11)4-12-10/h3-6H,2H2,1H3,(H,12,14). The van der Waals surface area contributed by atoms with Crippen molar-refractivity contribution in [1.82, 2.24) is 14.8 Å². The highest BCUT2D eigenvalue weighted by molar-refractivity contribution is 9.10. The molecular weight excluding hydrogens is 302 g/mol. The minimum Gasteiger partial charge on any atom is -0.332 e. The van der Waals surface area contributed by atoms with Crippen LogP contribution in [0.1, 0.15) is 6.92 Å². The molecule has 18 heavy (non-hydrogen) atoms. The van der Waals surface area contributed by atoms with Crippen molar-refractivity contribution in [1.29, 1.82) is 0 Å². The SMILES string of the molecule is CCn1cc(Nc2ncc(Br)cc2[N+](=O)[O-])cn1. The first-order valence-electron chi connectivity index (χ1n) is 5.19. The lowest BCUT2D eigenvalue weighted by atomic mass is 10.4. The molecular formula is C10H10BrN5O2. The van der Waals surface area contributed by atoms with Crippen LogP contribution in [0, 0.1) is 10.1 Å². The van der Waals surface area contributed by atoms with Gasteiger partial charge in [-0.3, -0.25) is 14.8 Å². The molecule has 0 aliphatic carbocycles. The Labute approximate surface area is 111 Å². The van der Waals surface area contributed by atoms with E-state index in [1.54, 1.807) is 17.1 Å². The van der Waals surface area contributed by atoms with Crippen LogP contribution in [-0.4, -0.2) is 19.7 Å². The van der Waals surface area contributed by atoms with Crippen LogP contribution in [0.2, 0.25) is 0 Å². The summed E-state index contributed by atoms with van der Waals surface area (Å²) < 4.78 is 2.27. The van der Waals surface area contributed by atoms with Crippen molar-refractivity contribution in [3.8, 4) is 0 Å². The molecule has 0 spiro atoms. The number of anilines is 2. The molecule has 0 amide bonds. The lowest BCUT2D eigenvalue weighted by Gasteiger charge is -2.03. The molecule has 2 rings (SSSR count). The number of pyridine rings is 1. The fraction of sp³-hybridized carbons (Fsp3) is 0.200. The number of aromatic nitrogens is 3. The quantitative estimate of drug-likeness (QED) is 0.693. The van der Waals surface area contributed by atoms with Gasteiger partial charge in [0.15, 0.2) is 0 Å². The minimum atomic E-state index is -0.482. The monoisotopic (exact) mass is 311 g/mol. The number of hydrogen-bond donors (Lipinski definition) is 1. The topological polar surface area (TPSA) is 85.9 Å². The second-order valence-corrected chi connectivity index (χ2v) is 4.40. The molecule has 2 aromatic heterocycles. The van der Waals surface area contributed by atoms with Crippen LogP contribution in [0.5, 0.6) is 0 Å². The van der Waals surface area contributed by atoms with Crippen LogP contribution in [0.25, 0.3) is 0 Å². The number of nitrogens with zero attached hydrogens (tertiary/aromatic N) is 4. The highest BCUT2D eigenvalue weighted by atomic mass is 79.9.